The van der Waals surface area contributed by atoms with Gasteiger partial charge in [-0.3, -0.25) is 4.52 Å². The average molecular weight is 476 g/mol. The van der Waals surface area contributed by atoms with E-state index >= 15 is 0 Å². The summed E-state index contributed by atoms with van der Waals surface area (Å²) in [6.45, 7) is 5.16. The van der Waals surface area contributed by atoms with Crippen molar-refractivity contribution in [3.05, 3.63) is 48.9 Å². The monoisotopic (exact) mass is 476 g/mol. The fraction of sp³-hybridized carbons (Fsp3) is 0.455. The van der Waals surface area contributed by atoms with Crippen LogP contribution in [0.25, 0.3) is 11.2 Å². The van der Waals surface area contributed by atoms with Gasteiger partial charge in [0.05, 0.1) is 37.9 Å². The van der Waals surface area contributed by atoms with E-state index in [1.807, 2.05) is 24.5 Å². The molecule has 3 atom stereocenters. The van der Waals surface area contributed by atoms with Crippen LogP contribution in [0.2, 0.25) is 0 Å². The third kappa shape index (κ3) is 5.90. The molecule has 11 heteroatoms. The van der Waals surface area contributed by atoms with E-state index < -0.39 is 20.0 Å². The Bertz CT molecular complexity index is 1090. The molecule has 2 N–H and O–H groups in total. The quantitative estimate of drug-likeness (QED) is 0.412. The van der Waals surface area contributed by atoms with Crippen LogP contribution in [0.4, 0.5) is 5.69 Å². The fourth-order valence-electron chi connectivity index (χ4n) is 3.50. The van der Waals surface area contributed by atoms with Gasteiger partial charge in [-0.05, 0) is 31.5 Å². The van der Waals surface area contributed by atoms with Crippen molar-refractivity contribution in [3.8, 4) is 5.75 Å². The van der Waals surface area contributed by atoms with E-state index in [4.69, 9.17) is 29.0 Å². The second-order valence-corrected chi connectivity index (χ2v) is 9.63. The van der Waals surface area contributed by atoms with E-state index in [0.717, 1.165) is 0 Å². The van der Waals surface area contributed by atoms with E-state index in [1.54, 1.807) is 42.9 Å². The summed E-state index contributed by atoms with van der Waals surface area (Å²) < 4.78 is 44.4. The zero-order valence-corrected chi connectivity index (χ0v) is 19.6. The van der Waals surface area contributed by atoms with Gasteiger partial charge in [0, 0.05) is 6.20 Å². The maximum absolute atomic E-state index is 13.7. The van der Waals surface area contributed by atoms with Crippen LogP contribution >= 0.6 is 7.60 Å². The molecule has 10 nitrogen and oxygen atoms in total. The number of fused-ring (bicyclic) bond motifs is 1. The van der Waals surface area contributed by atoms with Crippen LogP contribution in [0.1, 0.15) is 20.3 Å². The first-order valence-electron chi connectivity index (χ1n) is 10.9. The number of pyridine rings is 1. The van der Waals surface area contributed by atoms with E-state index in [-0.39, 0.29) is 12.5 Å². The number of benzene rings is 1. The fourth-order valence-corrected chi connectivity index (χ4v) is 5.20. The van der Waals surface area contributed by atoms with Crippen molar-refractivity contribution >= 4 is 24.4 Å². The molecule has 0 bridgehead atoms. The number of rotatable bonds is 11. The van der Waals surface area contributed by atoms with E-state index in [1.165, 1.54) is 0 Å². The molecule has 4 rings (SSSR count). The van der Waals surface area contributed by atoms with Crippen molar-refractivity contribution in [1.29, 1.82) is 0 Å². The Labute approximate surface area is 192 Å². The number of anilines is 1. The van der Waals surface area contributed by atoms with Crippen molar-refractivity contribution in [2.45, 2.75) is 45.3 Å². The highest BCUT2D eigenvalue weighted by Crippen LogP contribution is 2.50. The van der Waals surface area contributed by atoms with Crippen LogP contribution in [-0.2, 0) is 29.8 Å². The normalized spacial score (nSPS) is 18.2. The molecule has 0 saturated carbocycles. The molecule has 2 aromatic heterocycles. The van der Waals surface area contributed by atoms with Crippen molar-refractivity contribution < 1.29 is 27.8 Å². The van der Waals surface area contributed by atoms with Crippen LogP contribution in [0.3, 0.4) is 0 Å². The SMILES string of the molecule is CCC(OP(=O)(CO[C@H](C)Cn1cnc2c(N)ccnc21)Oc1ccccc1)C1OCCO1. The average Bonchev–Trinajstić information content (AvgIpc) is 3.49. The lowest BCUT2D eigenvalue weighted by atomic mass is 10.3. The third-order valence-electron chi connectivity index (χ3n) is 5.14. The Hall–Kier alpha value is -2.49. The summed E-state index contributed by atoms with van der Waals surface area (Å²) in [7, 11) is -3.71. The molecule has 2 unspecified atom stereocenters. The first-order chi connectivity index (χ1) is 16.0. The van der Waals surface area contributed by atoms with Gasteiger partial charge in [0.1, 0.15) is 17.4 Å². The number of ether oxygens (including phenoxy) is 3. The van der Waals surface area contributed by atoms with Gasteiger partial charge in [-0.1, -0.05) is 25.1 Å². The van der Waals surface area contributed by atoms with Gasteiger partial charge in [0.25, 0.3) is 0 Å². The standard InChI is InChI=1S/C22H29N4O6P/c1-3-19(22-28-11-12-29-22)32-33(27,31-17-7-5-4-6-8-17)15-30-16(2)13-26-14-25-20-18(23)9-10-24-21(20)26/h4-10,14,16,19,22H,3,11-13,15H2,1-2H3,(H2,23,24)/t16-,19?,33?/m1/s1. The lowest BCUT2D eigenvalue weighted by Gasteiger charge is -2.27. The van der Waals surface area contributed by atoms with Crippen LogP contribution in [-0.4, -0.2) is 52.6 Å². The Morgan fingerprint density at radius 2 is 1.97 bits per heavy atom. The number of imidazole rings is 1. The topological polar surface area (TPSA) is 120 Å². The molecule has 0 aliphatic carbocycles. The Balaban J connectivity index is 1.45. The van der Waals surface area contributed by atoms with Crippen molar-refractivity contribution in [1.82, 2.24) is 14.5 Å². The Morgan fingerprint density at radius 1 is 1.21 bits per heavy atom. The minimum Gasteiger partial charge on any atom is -0.423 e. The van der Waals surface area contributed by atoms with Crippen LogP contribution in [0.15, 0.2) is 48.9 Å². The number of hydrogen-bond acceptors (Lipinski definition) is 9. The maximum atomic E-state index is 13.7. The minimum atomic E-state index is -3.71. The van der Waals surface area contributed by atoms with Gasteiger partial charge in [0.15, 0.2) is 18.3 Å². The molecule has 33 heavy (non-hydrogen) atoms. The summed E-state index contributed by atoms with van der Waals surface area (Å²) in [5.74, 6) is 0.431. The molecule has 0 spiro atoms. The molecule has 1 aliphatic heterocycles. The number of aromatic nitrogens is 3. The molecule has 1 aliphatic rings. The number of para-hydroxylation sites is 1. The predicted molar refractivity (Wildman–Crippen MR) is 123 cm³/mol. The highest BCUT2D eigenvalue weighted by molar-refractivity contribution is 7.54. The molecule has 3 aromatic rings. The van der Waals surface area contributed by atoms with Crippen molar-refractivity contribution in [3.63, 3.8) is 0 Å². The molecule has 0 amide bonds. The van der Waals surface area contributed by atoms with Gasteiger partial charge in [-0.15, -0.1) is 0 Å². The molecule has 3 heterocycles. The number of nitrogen functional groups attached to an aromatic ring is 1. The third-order valence-corrected chi connectivity index (χ3v) is 6.69. The largest absolute Gasteiger partial charge is 0.423 e. The summed E-state index contributed by atoms with van der Waals surface area (Å²) >= 11 is 0. The predicted octanol–water partition coefficient (Wildman–Crippen LogP) is 3.82. The van der Waals surface area contributed by atoms with Gasteiger partial charge in [-0.25, -0.2) is 14.5 Å². The number of nitrogens with zero attached hydrogens (tertiary/aromatic N) is 3. The molecular formula is C22H29N4O6P. The smallest absolute Gasteiger partial charge is 0.405 e. The molecule has 178 valence electrons. The highest BCUT2D eigenvalue weighted by atomic mass is 31.2. The van der Waals surface area contributed by atoms with Crippen LogP contribution < -0.4 is 10.3 Å². The summed E-state index contributed by atoms with van der Waals surface area (Å²) in [4.78, 5) is 8.67. The van der Waals surface area contributed by atoms with E-state index in [0.29, 0.717) is 48.8 Å². The van der Waals surface area contributed by atoms with E-state index in [2.05, 4.69) is 9.97 Å². The Kier molecular flexibility index (Phi) is 7.62. The molecule has 0 radical (unpaired) electrons. The molecule has 1 fully saturated rings. The summed E-state index contributed by atoms with van der Waals surface area (Å²) in [6, 6.07) is 10.6. The molecular weight excluding hydrogens is 447 g/mol. The van der Waals surface area contributed by atoms with Gasteiger partial charge in [0.2, 0.25) is 0 Å². The van der Waals surface area contributed by atoms with Gasteiger partial charge in [-0.2, -0.15) is 0 Å². The first kappa shape index (κ1) is 23.7. The summed E-state index contributed by atoms with van der Waals surface area (Å²) in [5, 5.41) is 0. The van der Waals surface area contributed by atoms with Crippen molar-refractivity contribution in [2.24, 2.45) is 0 Å². The number of hydrogen-bond donors (Lipinski definition) is 1. The van der Waals surface area contributed by atoms with Gasteiger partial charge < -0.3 is 29.0 Å². The molecule has 1 saturated heterocycles. The lowest BCUT2D eigenvalue weighted by Crippen LogP contribution is -2.30. The van der Waals surface area contributed by atoms with Crippen molar-refractivity contribution in [2.75, 3.05) is 25.3 Å². The lowest BCUT2D eigenvalue weighted by molar-refractivity contribution is -0.114. The second-order valence-electron chi connectivity index (χ2n) is 7.75. The highest BCUT2D eigenvalue weighted by Gasteiger charge is 2.37. The number of nitrogens with two attached hydrogens (primary N) is 1. The maximum Gasteiger partial charge on any atom is 0.405 e. The van der Waals surface area contributed by atoms with Crippen LogP contribution in [0, 0.1) is 0 Å². The zero-order valence-electron chi connectivity index (χ0n) is 18.7. The Morgan fingerprint density at radius 3 is 2.70 bits per heavy atom. The van der Waals surface area contributed by atoms with Crippen LogP contribution in [0.5, 0.6) is 5.75 Å². The van der Waals surface area contributed by atoms with E-state index in [9.17, 15) is 4.57 Å². The zero-order chi connectivity index (χ0) is 23.3. The molecule has 1 aromatic carbocycles. The summed E-state index contributed by atoms with van der Waals surface area (Å²) in [5.41, 5.74) is 7.81. The van der Waals surface area contributed by atoms with Gasteiger partial charge >= 0.3 is 7.60 Å². The first-order valence-corrected chi connectivity index (χ1v) is 12.6. The second kappa shape index (κ2) is 10.6. The summed E-state index contributed by atoms with van der Waals surface area (Å²) in [6.07, 6.45) is 2.12. The minimum absolute atomic E-state index is 0.242.